The van der Waals surface area contributed by atoms with E-state index < -0.39 is 0 Å². The van der Waals surface area contributed by atoms with E-state index in [1.54, 1.807) is 12.5 Å². The van der Waals surface area contributed by atoms with Gasteiger partial charge in [0.25, 0.3) is 0 Å². The van der Waals surface area contributed by atoms with E-state index in [0.29, 0.717) is 0 Å². The molecule has 0 fully saturated rings. The summed E-state index contributed by atoms with van der Waals surface area (Å²) in [6.07, 6.45) is 3.43. The number of anilines is 1. The number of aryl methyl sites for hydroxylation is 1. The van der Waals surface area contributed by atoms with Crippen LogP contribution >= 0.6 is 0 Å². The van der Waals surface area contributed by atoms with Gasteiger partial charge in [-0.15, -0.1) is 0 Å². The van der Waals surface area contributed by atoms with E-state index in [1.807, 2.05) is 18.2 Å². The second kappa shape index (κ2) is 7.61. The lowest BCUT2D eigenvalue weighted by Crippen LogP contribution is -2.28. The first-order valence-electron chi connectivity index (χ1n) is 8.87. The molecule has 0 aliphatic heterocycles. The Morgan fingerprint density at radius 2 is 1.88 bits per heavy atom. The Morgan fingerprint density at radius 1 is 1.08 bits per heavy atom. The van der Waals surface area contributed by atoms with Crippen LogP contribution in [0.25, 0.3) is 16.9 Å². The van der Waals surface area contributed by atoms with Crippen molar-refractivity contribution in [2.45, 2.75) is 27.7 Å². The Kier molecular flexibility index (Phi) is 5.28. The molecule has 6 nitrogen and oxygen atoms in total. The predicted octanol–water partition coefficient (Wildman–Crippen LogP) is 3.19. The molecule has 0 aliphatic carbocycles. The summed E-state index contributed by atoms with van der Waals surface area (Å²) in [5, 5.41) is 4.57. The molecule has 3 aromatic heterocycles. The van der Waals surface area contributed by atoms with Gasteiger partial charge in [0, 0.05) is 25.0 Å². The molecule has 0 aliphatic rings. The SMILES string of the molecule is CCN(CC)CCNc1ncnc2c1c(C)c(C)n2-c1ccccn1. The number of aromatic nitrogens is 4. The molecule has 25 heavy (non-hydrogen) atoms. The van der Waals surface area contributed by atoms with Gasteiger partial charge in [0.15, 0.2) is 5.65 Å². The van der Waals surface area contributed by atoms with Crippen molar-refractivity contribution in [1.29, 1.82) is 0 Å². The molecule has 3 rings (SSSR count). The fourth-order valence-corrected chi connectivity index (χ4v) is 3.17. The molecule has 0 unspecified atom stereocenters. The van der Waals surface area contributed by atoms with E-state index in [0.717, 1.165) is 54.5 Å². The molecule has 0 aromatic carbocycles. The van der Waals surface area contributed by atoms with E-state index in [-0.39, 0.29) is 0 Å². The highest BCUT2D eigenvalue weighted by Crippen LogP contribution is 2.30. The zero-order valence-corrected chi connectivity index (χ0v) is 15.5. The van der Waals surface area contributed by atoms with Gasteiger partial charge in [-0.25, -0.2) is 15.0 Å². The average molecular weight is 338 g/mol. The molecule has 0 saturated carbocycles. The summed E-state index contributed by atoms with van der Waals surface area (Å²) in [6.45, 7) is 12.6. The summed E-state index contributed by atoms with van der Waals surface area (Å²) in [5.74, 6) is 1.78. The Labute approximate surface area is 148 Å². The van der Waals surface area contributed by atoms with Crippen molar-refractivity contribution in [1.82, 2.24) is 24.4 Å². The van der Waals surface area contributed by atoms with E-state index in [9.17, 15) is 0 Å². The number of fused-ring (bicyclic) bond motifs is 1. The molecule has 0 spiro atoms. The highest BCUT2D eigenvalue weighted by molar-refractivity contribution is 5.92. The lowest BCUT2D eigenvalue weighted by molar-refractivity contribution is 0.316. The Morgan fingerprint density at radius 3 is 2.56 bits per heavy atom. The average Bonchev–Trinajstić information content (AvgIpc) is 2.91. The van der Waals surface area contributed by atoms with Gasteiger partial charge in [0.2, 0.25) is 0 Å². The zero-order chi connectivity index (χ0) is 17.8. The summed E-state index contributed by atoms with van der Waals surface area (Å²) in [5.41, 5.74) is 3.22. The van der Waals surface area contributed by atoms with Crippen molar-refractivity contribution >= 4 is 16.9 Å². The molecule has 132 valence electrons. The number of pyridine rings is 1. The maximum absolute atomic E-state index is 4.54. The smallest absolute Gasteiger partial charge is 0.151 e. The maximum Gasteiger partial charge on any atom is 0.151 e. The van der Waals surface area contributed by atoms with Crippen molar-refractivity contribution in [2.75, 3.05) is 31.5 Å². The van der Waals surface area contributed by atoms with Gasteiger partial charge in [0.1, 0.15) is 18.0 Å². The minimum absolute atomic E-state index is 0.862. The molecule has 0 radical (unpaired) electrons. The largest absolute Gasteiger partial charge is 0.368 e. The highest BCUT2D eigenvalue weighted by atomic mass is 15.2. The topological polar surface area (TPSA) is 58.9 Å². The number of likely N-dealkylation sites (N-methyl/N-ethyl adjacent to an activating group) is 1. The first-order valence-corrected chi connectivity index (χ1v) is 8.87. The molecule has 0 saturated heterocycles. The van der Waals surface area contributed by atoms with Crippen LogP contribution in [-0.2, 0) is 0 Å². The van der Waals surface area contributed by atoms with Gasteiger partial charge in [-0.1, -0.05) is 19.9 Å². The summed E-state index contributed by atoms with van der Waals surface area (Å²) in [4.78, 5) is 15.9. The lowest BCUT2D eigenvalue weighted by Gasteiger charge is -2.18. The van der Waals surface area contributed by atoms with Crippen LogP contribution < -0.4 is 5.32 Å². The minimum atomic E-state index is 0.862. The monoisotopic (exact) mass is 338 g/mol. The van der Waals surface area contributed by atoms with E-state index in [2.05, 4.69) is 57.4 Å². The van der Waals surface area contributed by atoms with Crippen molar-refractivity contribution in [2.24, 2.45) is 0 Å². The van der Waals surface area contributed by atoms with Crippen molar-refractivity contribution in [3.05, 3.63) is 42.0 Å². The summed E-state index contributed by atoms with van der Waals surface area (Å²) < 4.78 is 2.10. The third-order valence-corrected chi connectivity index (χ3v) is 4.79. The highest BCUT2D eigenvalue weighted by Gasteiger charge is 2.17. The van der Waals surface area contributed by atoms with Crippen LogP contribution in [0.4, 0.5) is 5.82 Å². The second-order valence-electron chi connectivity index (χ2n) is 6.11. The van der Waals surface area contributed by atoms with Gasteiger partial charge in [-0.2, -0.15) is 0 Å². The summed E-state index contributed by atoms with van der Waals surface area (Å²) in [6, 6.07) is 5.92. The third kappa shape index (κ3) is 3.35. The molecule has 6 heteroatoms. The molecule has 0 atom stereocenters. The second-order valence-corrected chi connectivity index (χ2v) is 6.11. The van der Waals surface area contributed by atoms with Crippen LogP contribution in [0, 0.1) is 13.8 Å². The van der Waals surface area contributed by atoms with Gasteiger partial charge >= 0.3 is 0 Å². The van der Waals surface area contributed by atoms with E-state index in [4.69, 9.17) is 0 Å². The number of rotatable bonds is 7. The summed E-state index contributed by atoms with van der Waals surface area (Å²) in [7, 11) is 0. The standard InChI is InChI=1S/C19H26N6/c1-5-24(6-2)12-11-21-18-17-14(3)15(4)25(19(17)23-13-22-18)16-9-7-8-10-20-16/h7-10,13H,5-6,11-12H2,1-4H3,(H,21,22,23). The predicted molar refractivity (Wildman–Crippen MR) is 102 cm³/mol. The third-order valence-electron chi connectivity index (χ3n) is 4.79. The van der Waals surface area contributed by atoms with Crippen molar-refractivity contribution in [3.8, 4) is 5.82 Å². The number of hydrogen-bond donors (Lipinski definition) is 1. The molecule has 0 bridgehead atoms. The van der Waals surface area contributed by atoms with Gasteiger partial charge < -0.3 is 10.2 Å². The molecular formula is C19H26N6. The van der Waals surface area contributed by atoms with Gasteiger partial charge in [-0.05, 0) is 44.6 Å². The van der Waals surface area contributed by atoms with E-state index >= 15 is 0 Å². The van der Waals surface area contributed by atoms with Crippen LogP contribution in [-0.4, -0.2) is 50.6 Å². The van der Waals surface area contributed by atoms with Crippen LogP contribution in [0.2, 0.25) is 0 Å². The number of nitrogens with zero attached hydrogens (tertiary/aromatic N) is 5. The van der Waals surface area contributed by atoms with Crippen molar-refractivity contribution in [3.63, 3.8) is 0 Å². The van der Waals surface area contributed by atoms with Gasteiger partial charge in [-0.3, -0.25) is 4.57 Å². The minimum Gasteiger partial charge on any atom is -0.368 e. The van der Waals surface area contributed by atoms with Crippen LogP contribution in [0.5, 0.6) is 0 Å². The van der Waals surface area contributed by atoms with Crippen LogP contribution in [0.15, 0.2) is 30.7 Å². The van der Waals surface area contributed by atoms with Crippen LogP contribution in [0.3, 0.4) is 0 Å². The first-order chi connectivity index (χ1) is 12.2. The molecule has 3 aromatic rings. The quantitative estimate of drug-likeness (QED) is 0.717. The zero-order valence-electron chi connectivity index (χ0n) is 15.5. The van der Waals surface area contributed by atoms with Gasteiger partial charge in [0.05, 0.1) is 5.39 Å². The van der Waals surface area contributed by atoms with E-state index in [1.165, 1.54) is 5.56 Å². The van der Waals surface area contributed by atoms with Crippen LogP contribution in [0.1, 0.15) is 25.1 Å². The fraction of sp³-hybridized carbons (Fsp3) is 0.421. The Balaban J connectivity index is 1.97. The molecular weight excluding hydrogens is 312 g/mol. The Hall–Kier alpha value is -2.47. The lowest BCUT2D eigenvalue weighted by atomic mass is 10.2. The first kappa shape index (κ1) is 17.4. The molecule has 3 heterocycles. The molecule has 0 amide bonds. The number of nitrogens with one attached hydrogen (secondary N) is 1. The Bertz CT molecular complexity index is 836. The fourth-order valence-electron chi connectivity index (χ4n) is 3.17. The molecule has 1 N–H and O–H groups in total. The summed E-state index contributed by atoms with van der Waals surface area (Å²) >= 11 is 0. The maximum atomic E-state index is 4.54. The normalized spacial score (nSPS) is 11.4. The van der Waals surface area contributed by atoms with Crippen molar-refractivity contribution < 1.29 is 0 Å². The number of hydrogen-bond acceptors (Lipinski definition) is 5.